The van der Waals surface area contributed by atoms with Gasteiger partial charge in [-0.2, -0.15) is 0 Å². The molecule has 0 heterocycles. The number of hydrogen-bond donors (Lipinski definition) is 1. The molecule has 4 heteroatoms. The average Bonchev–Trinajstić information content (AvgIpc) is 2.03. The lowest BCUT2D eigenvalue weighted by molar-refractivity contribution is 0.296. The molecule has 1 aromatic carbocycles. The first-order chi connectivity index (χ1) is 5.68. The Morgan fingerprint density at radius 3 is 2.38 bits per heavy atom. The Morgan fingerprint density at radius 1 is 1.38 bits per heavy atom. The zero-order valence-electron chi connectivity index (χ0n) is 7.37. The fourth-order valence-electron chi connectivity index (χ4n) is 0.758. The van der Waals surface area contributed by atoms with Gasteiger partial charge in [-0.3, -0.25) is 0 Å². The maximum absolute atomic E-state index is 12.4. The van der Waals surface area contributed by atoms with Gasteiger partial charge >= 0.3 is 0 Å². The molecule has 2 nitrogen and oxygen atoms in total. The summed E-state index contributed by atoms with van der Waals surface area (Å²) in [6, 6.07) is 5.87. The minimum absolute atomic E-state index is 0. The molecule has 2 N–H and O–H groups in total. The largest absolute Gasteiger partial charge is 0.492 e. The SMILES string of the molecule is CC(N)COc1ccc(F)cc1.Cl. The molecule has 0 saturated heterocycles. The maximum Gasteiger partial charge on any atom is 0.123 e. The smallest absolute Gasteiger partial charge is 0.123 e. The fourth-order valence-corrected chi connectivity index (χ4v) is 0.758. The highest BCUT2D eigenvalue weighted by molar-refractivity contribution is 5.85. The Kier molecular flexibility index (Phi) is 5.42. The summed E-state index contributed by atoms with van der Waals surface area (Å²) >= 11 is 0. The Morgan fingerprint density at radius 2 is 1.92 bits per heavy atom. The van der Waals surface area contributed by atoms with E-state index < -0.39 is 0 Å². The maximum atomic E-state index is 12.4. The number of ether oxygens (including phenoxy) is 1. The summed E-state index contributed by atoms with van der Waals surface area (Å²) in [5, 5.41) is 0. The van der Waals surface area contributed by atoms with Crippen molar-refractivity contribution in [3.05, 3.63) is 30.1 Å². The van der Waals surface area contributed by atoms with Crippen molar-refractivity contribution in [3.63, 3.8) is 0 Å². The summed E-state index contributed by atoms with van der Waals surface area (Å²) in [7, 11) is 0. The van der Waals surface area contributed by atoms with Crippen LogP contribution in [-0.2, 0) is 0 Å². The predicted octanol–water partition coefficient (Wildman–Crippen LogP) is 1.97. The van der Waals surface area contributed by atoms with Crippen molar-refractivity contribution in [2.75, 3.05) is 6.61 Å². The number of hydrogen-bond acceptors (Lipinski definition) is 2. The molecule has 1 unspecified atom stereocenters. The highest BCUT2D eigenvalue weighted by Crippen LogP contribution is 2.10. The molecule has 13 heavy (non-hydrogen) atoms. The van der Waals surface area contributed by atoms with E-state index in [1.165, 1.54) is 12.1 Å². The molecule has 74 valence electrons. The first-order valence-corrected chi connectivity index (χ1v) is 3.82. The Hall–Kier alpha value is -0.800. The van der Waals surface area contributed by atoms with Gasteiger partial charge in [-0.1, -0.05) is 0 Å². The molecule has 1 aromatic rings. The van der Waals surface area contributed by atoms with E-state index in [2.05, 4.69) is 0 Å². The van der Waals surface area contributed by atoms with Crippen LogP contribution in [0.25, 0.3) is 0 Å². The molecule has 0 aliphatic heterocycles. The van der Waals surface area contributed by atoms with Crippen LogP contribution < -0.4 is 10.5 Å². The van der Waals surface area contributed by atoms with Gasteiger partial charge in [0.2, 0.25) is 0 Å². The lowest BCUT2D eigenvalue weighted by Gasteiger charge is -2.07. The summed E-state index contributed by atoms with van der Waals surface area (Å²) in [5.41, 5.74) is 5.47. The number of benzene rings is 1. The molecule has 0 aliphatic carbocycles. The summed E-state index contributed by atoms with van der Waals surface area (Å²) in [6.07, 6.45) is 0. The van der Waals surface area contributed by atoms with E-state index in [1.54, 1.807) is 12.1 Å². The minimum atomic E-state index is -0.261. The molecule has 0 radical (unpaired) electrons. The molecule has 1 rings (SSSR count). The van der Waals surface area contributed by atoms with Gasteiger partial charge in [0, 0.05) is 6.04 Å². The lowest BCUT2D eigenvalue weighted by Crippen LogP contribution is -2.23. The van der Waals surface area contributed by atoms with Crippen molar-refractivity contribution in [1.82, 2.24) is 0 Å². The summed E-state index contributed by atoms with van der Waals surface area (Å²) in [4.78, 5) is 0. The van der Waals surface area contributed by atoms with E-state index in [-0.39, 0.29) is 24.3 Å². The molecule has 0 spiro atoms. The van der Waals surface area contributed by atoms with E-state index in [0.29, 0.717) is 12.4 Å². The first-order valence-electron chi connectivity index (χ1n) is 3.82. The Labute approximate surface area is 83.3 Å². The third-order valence-electron chi connectivity index (χ3n) is 1.33. The van der Waals surface area contributed by atoms with E-state index in [1.807, 2.05) is 6.92 Å². The number of rotatable bonds is 3. The topological polar surface area (TPSA) is 35.2 Å². The molecular formula is C9H13ClFNO. The van der Waals surface area contributed by atoms with Crippen LogP contribution in [0.3, 0.4) is 0 Å². The zero-order valence-corrected chi connectivity index (χ0v) is 8.18. The average molecular weight is 206 g/mol. The van der Waals surface area contributed by atoms with Crippen molar-refractivity contribution in [2.45, 2.75) is 13.0 Å². The summed E-state index contributed by atoms with van der Waals surface area (Å²) < 4.78 is 17.6. The van der Waals surface area contributed by atoms with Crippen LogP contribution in [-0.4, -0.2) is 12.6 Å². The summed E-state index contributed by atoms with van der Waals surface area (Å²) in [5.74, 6) is 0.386. The molecule has 0 saturated carbocycles. The monoisotopic (exact) mass is 205 g/mol. The Bertz CT molecular complexity index is 238. The van der Waals surface area contributed by atoms with Crippen LogP contribution in [0.1, 0.15) is 6.92 Å². The van der Waals surface area contributed by atoms with E-state index >= 15 is 0 Å². The lowest BCUT2D eigenvalue weighted by atomic mass is 10.3. The van der Waals surface area contributed by atoms with Crippen LogP contribution in [0.2, 0.25) is 0 Å². The second-order valence-corrected chi connectivity index (χ2v) is 2.74. The van der Waals surface area contributed by atoms with Gasteiger partial charge in [0.25, 0.3) is 0 Å². The standard InChI is InChI=1S/C9H12FNO.ClH/c1-7(11)6-12-9-4-2-8(10)3-5-9;/h2-5,7H,6,11H2,1H3;1H. The van der Waals surface area contributed by atoms with Crippen molar-refractivity contribution in [1.29, 1.82) is 0 Å². The van der Waals surface area contributed by atoms with Crippen LogP contribution in [0.4, 0.5) is 4.39 Å². The van der Waals surface area contributed by atoms with Gasteiger partial charge in [0.15, 0.2) is 0 Å². The molecule has 1 atom stereocenters. The third-order valence-corrected chi connectivity index (χ3v) is 1.33. The van der Waals surface area contributed by atoms with Gasteiger partial charge in [0.1, 0.15) is 18.2 Å². The van der Waals surface area contributed by atoms with E-state index in [0.717, 1.165) is 0 Å². The van der Waals surface area contributed by atoms with Crippen LogP contribution in [0.5, 0.6) is 5.75 Å². The van der Waals surface area contributed by atoms with Crippen LogP contribution in [0, 0.1) is 5.82 Å². The quantitative estimate of drug-likeness (QED) is 0.819. The second-order valence-electron chi connectivity index (χ2n) is 2.74. The molecule has 0 amide bonds. The first kappa shape index (κ1) is 12.2. The zero-order chi connectivity index (χ0) is 8.97. The molecule has 0 aliphatic rings. The van der Waals surface area contributed by atoms with Crippen molar-refractivity contribution in [2.24, 2.45) is 5.73 Å². The van der Waals surface area contributed by atoms with Gasteiger partial charge < -0.3 is 10.5 Å². The normalized spacial score (nSPS) is 11.6. The number of halogens is 2. The van der Waals surface area contributed by atoms with E-state index in [9.17, 15) is 4.39 Å². The molecule has 0 fully saturated rings. The fraction of sp³-hybridized carbons (Fsp3) is 0.333. The van der Waals surface area contributed by atoms with Gasteiger partial charge in [-0.05, 0) is 31.2 Å². The summed E-state index contributed by atoms with van der Waals surface area (Å²) in [6.45, 7) is 2.30. The van der Waals surface area contributed by atoms with Crippen molar-refractivity contribution >= 4 is 12.4 Å². The van der Waals surface area contributed by atoms with Crippen molar-refractivity contribution < 1.29 is 9.13 Å². The van der Waals surface area contributed by atoms with Gasteiger partial charge in [-0.15, -0.1) is 12.4 Å². The highest BCUT2D eigenvalue weighted by atomic mass is 35.5. The number of nitrogens with two attached hydrogens (primary N) is 1. The van der Waals surface area contributed by atoms with Crippen LogP contribution in [0.15, 0.2) is 24.3 Å². The third kappa shape index (κ3) is 4.70. The minimum Gasteiger partial charge on any atom is -0.492 e. The predicted molar refractivity (Wildman–Crippen MR) is 52.8 cm³/mol. The molecule has 0 aromatic heterocycles. The second kappa shape index (κ2) is 5.78. The highest BCUT2D eigenvalue weighted by Gasteiger charge is 1.96. The molecular weight excluding hydrogens is 193 g/mol. The Balaban J connectivity index is 0.00000144. The van der Waals surface area contributed by atoms with Gasteiger partial charge in [-0.25, -0.2) is 4.39 Å². The van der Waals surface area contributed by atoms with Gasteiger partial charge in [0.05, 0.1) is 0 Å². The van der Waals surface area contributed by atoms with E-state index in [4.69, 9.17) is 10.5 Å². The van der Waals surface area contributed by atoms with Crippen LogP contribution >= 0.6 is 12.4 Å². The van der Waals surface area contributed by atoms with Crippen molar-refractivity contribution in [3.8, 4) is 5.75 Å². The molecule has 0 bridgehead atoms.